The molecule has 5 atom stereocenters. The standard InChI is InChI=1S/C29H28N2O6/c1-3-4-14-36-21-15-22-25(31-17-21)28(34)26(32)23(27(33)35-2)24(19-8-6-5-7-9-19)29(28,37-22)20-12-10-18(16-30)11-13-20/h5-13,15,17,23-24,26,32,34H,3-4,14H2,1-2H3/t23-,24-,26-,28+,29+/m1/s1. The third-order valence-corrected chi connectivity index (χ3v) is 7.43. The van der Waals surface area contributed by atoms with Crippen molar-refractivity contribution in [2.75, 3.05) is 13.7 Å². The number of nitrogens with zero attached hydrogens (tertiary/aromatic N) is 2. The van der Waals surface area contributed by atoms with Gasteiger partial charge in [-0.1, -0.05) is 55.8 Å². The van der Waals surface area contributed by atoms with Gasteiger partial charge in [-0.25, -0.2) is 0 Å². The summed E-state index contributed by atoms with van der Waals surface area (Å²) in [5, 5.41) is 33.6. The van der Waals surface area contributed by atoms with Crippen molar-refractivity contribution in [3.05, 3.63) is 89.2 Å². The van der Waals surface area contributed by atoms with Crippen LogP contribution in [0.15, 0.2) is 66.9 Å². The number of esters is 1. The average molecular weight is 501 g/mol. The van der Waals surface area contributed by atoms with Crippen molar-refractivity contribution < 1.29 is 29.2 Å². The lowest BCUT2D eigenvalue weighted by Gasteiger charge is -2.40. The summed E-state index contributed by atoms with van der Waals surface area (Å²) in [7, 11) is 1.25. The van der Waals surface area contributed by atoms with Crippen molar-refractivity contribution in [1.82, 2.24) is 4.98 Å². The number of aliphatic hydroxyl groups excluding tert-OH is 1. The molecule has 2 aliphatic rings. The number of rotatable bonds is 7. The fraction of sp³-hybridized carbons (Fsp3) is 0.345. The Hall–Kier alpha value is -3.93. The lowest BCUT2D eigenvalue weighted by atomic mass is 9.71. The Morgan fingerprint density at radius 1 is 1.19 bits per heavy atom. The number of ether oxygens (including phenoxy) is 3. The second kappa shape index (κ2) is 9.51. The van der Waals surface area contributed by atoms with Gasteiger partial charge in [0.05, 0.1) is 37.5 Å². The second-order valence-electron chi connectivity index (χ2n) is 9.40. The number of fused-ring (bicyclic) bond motifs is 3. The van der Waals surface area contributed by atoms with Crippen LogP contribution in [0.3, 0.4) is 0 Å². The zero-order chi connectivity index (χ0) is 26.2. The van der Waals surface area contributed by atoms with Crippen molar-refractivity contribution in [3.63, 3.8) is 0 Å². The van der Waals surface area contributed by atoms with Crippen LogP contribution in [0.2, 0.25) is 0 Å². The van der Waals surface area contributed by atoms with E-state index in [0.29, 0.717) is 29.0 Å². The molecule has 1 aliphatic carbocycles. The van der Waals surface area contributed by atoms with Crippen LogP contribution >= 0.6 is 0 Å². The van der Waals surface area contributed by atoms with Crippen molar-refractivity contribution in [1.29, 1.82) is 5.26 Å². The van der Waals surface area contributed by atoms with Gasteiger partial charge >= 0.3 is 5.97 Å². The highest BCUT2D eigenvalue weighted by atomic mass is 16.5. The number of aliphatic hydroxyl groups is 2. The number of methoxy groups -OCH3 is 1. The molecule has 1 aliphatic heterocycles. The van der Waals surface area contributed by atoms with Gasteiger partial charge in [0.15, 0.2) is 11.2 Å². The summed E-state index contributed by atoms with van der Waals surface area (Å²) in [6.07, 6.45) is 1.71. The molecule has 2 N–H and O–H groups in total. The summed E-state index contributed by atoms with van der Waals surface area (Å²) < 4.78 is 17.6. The first-order valence-electron chi connectivity index (χ1n) is 12.3. The highest BCUT2D eigenvalue weighted by Gasteiger charge is 2.78. The van der Waals surface area contributed by atoms with E-state index in [1.54, 1.807) is 30.3 Å². The second-order valence-corrected chi connectivity index (χ2v) is 9.40. The first kappa shape index (κ1) is 24.8. The number of aromatic nitrogens is 1. The summed E-state index contributed by atoms with van der Waals surface area (Å²) >= 11 is 0. The number of unbranched alkanes of at least 4 members (excludes halogenated alkanes) is 1. The molecule has 0 bridgehead atoms. The molecule has 1 fully saturated rings. The van der Waals surface area contributed by atoms with Gasteiger partial charge < -0.3 is 24.4 Å². The molecule has 3 aromatic rings. The van der Waals surface area contributed by atoms with Crippen LogP contribution in [0, 0.1) is 17.2 Å². The molecule has 0 saturated heterocycles. The molecule has 0 unspecified atom stereocenters. The quantitative estimate of drug-likeness (QED) is 0.373. The maximum atomic E-state index is 13.1. The smallest absolute Gasteiger partial charge is 0.312 e. The van der Waals surface area contributed by atoms with Crippen LogP contribution < -0.4 is 9.47 Å². The Bertz CT molecular complexity index is 1340. The molecule has 1 saturated carbocycles. The van der Waals surface area contributed by atoms with Gasteiger partial charge in [0, 0.05) is 12.0 Å². The number of hydrogen-bond acceptors (Lipinski definition) is 8. The van der Waals surface area contributed by atoms with Crippen molar-refractivity contribution in [3.8, 4) is 17.6 Å². The molecule has 0 radical (unpaired) electrons. The van der Waals surface area contributed by atoms with Gasteiger partial charge in [-0.05, 0) is 29.7 Å². The van der Waals surface area contributed by atoms with Gasteiger partial charge in [-0.2, -0.15) is 5.26 Å². The number of carbonyl (C=O) groups is 1. The molecule has 2 heterocycles. The first-order chi connectivity index (χ1) is 17.9. The molecule has 8 heteroatoms. The predicted octanol–water partition coefficient (Wildman–Crippen LogP) is 3.56. The number of carbonyl (C=O) groups excluding carboxylic acids is 1. The van der Waals surface area contributed by atoms with E-state index < -0.39 is 35.1 Å². The van der Waals surface area contributed by atoms with E-state index in [4.69, 9.17) is 14.2 Å². The number of pyridine rings is 1. The third kappa shape index (κ3) is 3.57. The van der Waals surface area contributed by atoms with Crippen molar-refractivity contribution >= 4 is 5.97 Å². The molecule has 0 amide bonds. The van der Waals surface area contributed by atoms with E-state index in [1.807, 2.05) is 30.3 Å². The third-order valence-electron chi connectivity index (χ3n) is 7.43. The van der Waals surface area contributed by atoms with Crippen LogP contribution in [0.5, 0.6) is 11.5 Å². The van der Waals surface area contributed by atoms with Crippen LogP contribution in [0.25, 0.3) is 0 Å². The zero-order valence-electron chi connectivity index (χ0n) is 20.6. The Balaban J connectivity index is 1.76. The fourth-order valence-corrected chi connectivity index (χ4v) is 5.74. The van der Waals surface area contributed by atoms with E-state index in [0.717, 1.165) is 12.8 Å². The van der Waals surface area contributed by atoms with E-state index >= 15 is 0 Å². The maximum absolute atomic E-state index is 13.1. The fourth-order valence-electron chi connectivity index (χ4n) is 5.74. The van der Waals surface area contributed by atoms with Gasteiger partial charge in [0.25, 0.3) is 0 Å². The van der Waals surface area contributed by atoms with E-state index in [-0.39, 0.29) is 11.4 Å². The van der Waals surface area contributed by atoms with E-state index in [1.165, 1.54) is 13.3 Å². The number of nitriles is 1. The molecule has 190 valence electrons. The van der Waals surface area contributed by atoms with E-state index in [9.17, 15) is 20.3 Å². The largest absolute Gasteiger partial charge is 0.492 e. The lowest BCUT2D eigenvalue weighted by molar-refractivity contribution is -0.162. The lowest BCUT2D eigenvalue weighted by Crippen LogP contribution is -2.52. The van der Waals surface area contributed by atoms with Crippen LogP contribution in [0.4, 0.5) is 0 Å². The zero-order valence-corrected chi connectivity index (χ0v) is 20.6. The minimum absolute atomic E-state index is 0.111. The minimum Gasteiger partial charge on any atom is -0.492 e. The van der Waals surface area contributed by atoms with Crippen molar-refractivity contribution in [2.45, 2.75) is 43.0 Å². The summed E-state index contributed by atoms with van der Waals surface area (Å²) in [6.45, 7) is 2.57. The maximum Gasteiger partial charge on any atom is 0.312 e. The highest BCUT2D eigenvalue weighted by Crippen LogP contribution is 2.68. The van der Waals surface area contributed by atoms with Crippen LogP contribution in [0.1, 0.15) is 48.1 Å². The van der Waals surface area contributed by atoms with Crippen molar-refractivity contribution in [2.24, 2.45) is 5.92 Å². The van der Waals surface area contributed by atoms with Gasteiger partial charge in [-0.3, -0.25) is 9.78 Å². The molecule has 8 nitrogen and oxygen atoms in total. The summed E-state index contributed by atoms with van der Waals surface area (Å²) in [4.78, 5) is 17.6. The normalized spacial score (nSPS) is 27.5. The summed E-state index contributed by atoms with van der Waals surface area (Å²) in [5.74, 6) is -1.97. The Morgan fingerprint density at radius 3 is 2.57 bits per heavy atom. The van der Waals surface area contributed by atoms with Gasteiger partial charge in [0.1, 0.15) is 23.3 Å². The SMILES string of the molecule is CCCCOc1cnc2c(c1)O[C@@]1(c3ccc(C#N)cc3)[C@H](c3ccccc3)[C@@H](C(=O)OC)[C@@H](O)[C@@]21O. The van der Waals surface area contributed by atoms with Crippen LogP contribution in [-0.2, 0) is 20.7 Å². The molecule has 2 aromatic carbocycles. The van der Waals surface area contributed by atoms with Crippen LogP contribution in [-0.4, -0.2) is 41.0 Å². The molecular weight excluding hydrogens is 472 g/mol. The predicted molar refractivity (Wildman–Crippen MR) is 133 cm³/mol. The topological polar surface area (TPSA) is 122 Å². The number of hydrogen-bond donors (Lipinski definition) is 2. The van der Waals surface area contributed by atoms with E-state index in [2.05, 4.69) is 18.0 Å². The summed E-state index contributed by atoms with van der Waals surface area (Å²) in [5.41, 5.74) is -2.08. The Labute approximate surface area is 215 Å². The monoisotopic (exact) mass is 500 g/mol. The average Bonchev–Trinajstić information content (AvgIpc) is 3.31. The summed E-state index contributed by atoms with van der Waals surface area (Å²) in [6, 6.07) is 19.5. The number of benzene rings is 2. The van der Waals surface area contributed by atoms with Gasteiger partial charge in [0.2, 0.25) is 0 Å². The molecule has 1 aromatic heterocycles. The minimum atomic E-state index is -2.11. The first-order valence-corrected chi connectivity index (χ1v) is 12.3. The molecule has 37 heavy (non-hydrogen) atoms. The molecular formula is C29H28N2O6. The van der Waals surface area contributed by atoms with Gasteiger partial charge in [-0.15, -0.1) is 0 Å². The Kier molecular flexibility index (Phi) is 6.36. The highest BCUT2D eigenvalue weighted by molar-refractivity contribution is 5.77. The Morgan fingerprint density at radius 2 is 1.92 bits per heavy atom. The molecule has 0 spiro atoms. The molecule has 5 rings (SSSR count).